The Morgan fingerprint density at radius 3 is 2.57 bits per heavy atom. The second-order valence-corrected chi connectivity index (χ2v) is 6.32. The van der Waals surface area contributed by atoms with E-state index in [0.29, 0.717) is 0 Å². The molecule has 1 rings (SSSR count). The number of benzene rings is 1. The summed E-state index contributed by atoms with van der Waals surface area (Å²) in [6.45, 7) is 3.02. The molecule has 0 atom stereocenters. The largest absolute Gasteiger partial charge is 0.324 e. The van der Waals surface area contributed by atoms with E-state index >= 15 is 0 Å². The number of hydrogen-bond acceptors (Lipinski definition) is 5. The summed E-state index contributed by atoms with van der Waals surface area (Å²) in [5.41, 5.74) is -1.08. The predicted molar refractivity (Wildman–Crippen MR) is 72.3 cm³/mol. The SMILES string of the molecule is CC(C)N(CCC#N)S(=O)(=O)c1cccc(F)c1[N+](=O)[O-]. The molecule has 0 heterocycles. The van der Waals surface area contributed by atoms with Gasteiger partial charge in [-0.15, -0.1) is 0 Å². The van der Waals surface area contributed by atoms with E-state index in [9.17, 15) is 22.9 Å². The van der Waals surface area contributed by atoms with E-state index in [4.69, 9.17) is 5.26 Å². The average molecular weight is 315 g/mol. The normalized spacial score (nSPS) is 11.6. The third-order valence-corrected chi connectivity index (χ3v) is 4.85. The maximum absolute atomic E-state index is 13.6. The smallest absolute Gasteiger partial charge is 0.258 e. The molecule has 0 aromatic heterocycles. The van der Waals surface area contributed by atoms with Crippen molar-refractivity contribution in [2.45, 2.75) is 31.2 Å². The number of nitriles is 1. The van der Waals surface area contributed by atoms with Crippen LogP contribution in [0.2, 0.25) is 0 Å². The Kier molecular flexibility index (Phi) is 5.34. The van der Waals surface area contributed by atoms with Gasteiger partial charge in [0.2, 0.25) is 15.8 Å². The van der Waals surface area contributed by atoms with Gasteiger partial charge in [-0.3, -0.25) is 10.1 Å². The van der Waals surface area contributed by atoms with Gasteiger partial charge in [0, 0.05) is 19.0 Å². The molecular weight excluding hydrogens is 301 g/mol. The summed E-state index contributed by atoms with van der Waals surface area (Å²) < 4.78 is 39.5. The maximum atomic E-state index is 13.6. The van der Waals surface area contributed by atoms with Crippen LogP contribution in [0.3, 0.4) is 0 Å². The topological polar surface area (TPSA) is 104 Å². The molecular formula is C12H14FN3O4S. The van der Waals surface area contributed by atoms with E-state index in [1.165, 1.54) is 0 Å². The summed E-state index contributed by atoms with van der Waals surface area (Å²) in [5, 5.41) is 19.5. The lowest BCUT2D eigenvalue weighted by Gasteiger charge is -2.24. The lowest BCUT2D eigenvalue weighted by atomic mass is 10.3. The van der Waals surface area contributed by atoms with Crippen molar-refractivity contribution in [3.8, 4) is 6.07 Å². The van der Waals surface area contributed by atoms with Gasteiger partial charge in [0.1, 0.15) is 0 Å². The minimum absolute atomic E-state index is 0.0689. The number of para-hydroxylation sites is 1. The Hall–Kier alpha value is -2.05. The molecule has 114 valence electrons. The molecule has 0 amide bonds. The summed E-state index contributed by atoms with van der Waals surface area (Å²) in [6.07, 6.45) is -0.0689. The molecule has 0 spiro atoms. The van der Waals surface area contributed by atoms with E-state index in [2.05, 4.69) is 0 Å². The monoisotopic (exact) mass is 315 g/mol. The molecule has 0 aliphatic heterocycles. The zero-order valence-corrected chi connectivity index (χ0v) is 12.3. The fourth-order valence-electron chi connectivity index (χ4n) is 1.82. The summed E-state index contributed by atoms with van der Waals surface area (Å²) in [7, 11) is -4.27. The molecule has 0 unspecified atom stereocenters. The molecule has 9 heteroatoms. The average Bonchev–Trinajstić information content (AvgIpc) is 2.37. The first-order valence-corrected chi connectivity index (χ1v) is 7.49. The molecule has 0 N–H and O–H groups in total. The highest BCUT2D eigenvalue weighted by molar-refractivity contribution is 7.89. The molecule has 0 saturated heterocycles. The van der Waals surface area contributed by atoms with Crippen molar-refractivity contribution >= 4 is 15.7 Å². The van der Waals surface area contributed by atoms with Crippen LogP contribution in [0.5, 0.6) is 0 Å². The van der Waals surface area contributed by atoms with Crippen LogP contribution in [-0.4, -0.2) is 30.2 Å². The van der Waals surface area contributed by atoms with Gasteiger partial charge in [0.15, 0.2) is 4.90 Å². The van der Waals surface area contributed by atoms with Gasteiger partial charge < -0.3 is 0 Å². The standard InChI is InChI=1S/C12H14FN3O4S/c1-9(2)15(8-4-7-14)21(19,20)11-6-3-5-10(13)12(11)16(17)18/h3,5-6,9H,4,8H2,1-2H3. The molecule has 0 fully saturated rings. The highest BCUT2D eigenvalue weighted by Gasteiger charge is 2.35. The molecule has 0 saturated carbocycles. The Balaban J connectivity index is 3.46. The molecule has 1 aromatic carbocycles. The van der Waals surface area contributed by atoms with E-state index < -0.39 is 37.4 Å². The molecule has 0 aliphatic rings. The maximum Gasteiger partial charge on any atom is 0.324 e. The second-order valence-electron chi connectivity index (χ2n) is 4.46. The number of nitro benzene ring substituents is 1. The summed E-state index contributed by atoms with van der Waals surface area (Å²) in [4.78, 5) is 9.15. The van der Waals surface area contributed by atoms with E-state index in [1.54, 1.807) is 13.8 Å². The van der Waals surface area contributed by atoms with Crippen molar-refractivity contribution in [2.75, 3.05) is 6.54 Å². The van der Waals surface area contributed by atoms with Crippen molar-refractivity contribution in [3.63, 3.8) is 0 Å². The van der Waals surface area contributed by atoms with Crippen LogP contribution >= 0.6 is 0 Å². The fraction of sp³-hybridized carbons (Fsp3) is 0.417. The third-order valence-electron chi connectivity index (χ3n) is 2.74. The molecule has 7 nitrogen and oxygen atoms in total. The Bertz CT molecular complexity index is 682. The van der Waals surface area contributed by atoms with Gasteiger partial charge in [-0.1, -0.05) is 6.07 Å². The number of nitro groups is 1. The Labute approximate surface area is 121 Å². The van der Waals surface area contributed by atoms with Crippen LogP contribution in [0.15, 0.2) is 23.1 Å². The zero-order chi connectivity index (χ0) is 16.2. The number of rotatable bonds is 6. The fourth-order valence-corrected chi connectivity index (χ4v) is 3.63. The van der Waals surface area contributed by atoms with Gasteiger partial charge in [-0.2, -0.15) is 14.0 Å². The van der Waals surface area contributed by atoms with E-state index in [0.717, 1.165) is 22.5 Å². The van der Waals surface area contributed by atoms with Gasteiger partial charge >= 0.3 is 5.69 Å². The molecule has 0 aliphatic carbocycles. The number of hydrogen-bond donors (Lipinski definition) is 0. The predicted octanol–water partition coefficient (Wildman–Crippen LogP) is 2.05. The third kappa shape index (κ3) is 3.53. The zero-order valence-electron chi connectivity index (χ0n) is 11.5. The number of halogens is 1. The van der Waals surface area contributed by atoms with Gasteiger partial charge in [0.25, 0.3) is 0 Å². The second kappa shape index (κ2) is 6.60. The summed E-state index contributed by atoms with van der Waals surface area (Å²) in [5.74, 6) is -1.22. The van der Waals surface area contributed by atoms with Crippen molar-refractivity contribution < 1.29 is 17.7 Å². The lowest BCUT2D eigenvalue weighted by molar-refractivity contribution is -0.390. The Morgan fingerprint density at radius 1 is 1.48 bits per heavy atom. The minimum atomic E-state index is -4.27. The molecule has 0 bridgehead atoms. The van der Waals surface area contributed by atoms with Crippen LogP contribution in [-0.2, 0) is 10.0 Å². The van der Waals surface area contributed by atoms with Crippen molar-refractivity contribution in [2.24, 2.45) is 0 Å². The quantitative estimate of drug-likeness (QED) is 0.590. The molecule has 21 heavy (non-hydrogen) atoms. The lowest BCUT2D eigenvalue weighted by Crippen LogP contribution is -2.38. The summed E-state index contributed by atoms with van der Waals surface area (Å²) >= 11 is 0. The van der Waals surface area contributed by atoms with E-state index in [1.807, 2.05) is 6.07 Å². The van der Waals surface area contributed by atoms with Gasteiger partial charge in [-0.05, 0) is 26.0 Å². The van der Waals surface area contributed by atoms with Crippen LogP contribution in [0.25, 0.3) is 0 Å². The van der Waals surface area contributed by atoms with Crippen LogP contribution in [0, 0.1) is 27.3 Å². The van der Waals surface area contributed by atoms with Gasteiger partial charge in [0.05, 0.1) is 11.0 Å². The highest BCUT2D eigenvalue weighted by atomic mass is 32.2. The van der Waals surface area contributed by atoms with Crippen molar-refractivity contribution in [1.82, 2.24) is 4.31 Å². The molecule has 0 radical (unpaired) electrons. The van der Waals surface area contributed by atoms with Crippen molar-refractivity contribution in [1.29, 1.82) is 5.26 Å². The first kappa shape index (κ1) is 17.0. The van der Waals surface area contributed by atoms with Crippen molar-refractivity contribution in [3.05, 3.63) is 34.1 Å². The molecule has 1 aromatic rings. The first-order valence-electron chi connectivity index (χ1n) is 6.05. The minimum Gasteiger partial charge on any atom is -0.258 e. The highest BCUT2D eigenvalue weighted by Crippen LogP contribution is 2.30. The Morgan fingerprint density at radius 2 is 2.10 bits per heavy atom. The van der Waals surface area contributed by atoms with Gasteiger partial charge in [-0.25, -0.2) is 8.42 Å². The van der Waals surface area contributed by atoms with Crippen LogP contribution in [0.4, 0.5) is 10.1 Å². The number of sulfonamides is 1. The number of nitrogens with zero attached hydrogens (tertiary/aromatic N) is 3. The van der Waals surface area contributed by atoms with E-state index in [-0.39, 0.29) is 13.0 Å². The van der Waals surface area contributed by atoms with Crippen LogP contribution < -0.4 is 0 Å². The van der Waals surface area contributed by atoms with Crippen LogP contribution in [0.1, 0.15) is 20.3 Å². The summed E-state index contributed by atoms with van der Waals surface area (Å²) in [6, 6.07) is 4.19. The first-order chi connectivity index (χ1) is 9.73.